The minimum Gasteiger partial charge on any atom is -0.462 e. The smallest absolute Gasteiger partial charge is 0.462 e. The zero-order valence-electron chi connectivity index (χ0n) is 62.7. The van der Waals surface area contributed by atoms with Gasteiger partial charge in [-0.2, -0.15) is 0 Å². The summed E-state index contributed by atoms with van der Waals surface area (Å²) >= 11 is 0. The van der Waals surface area contributed by atoms with Gasteiger partial charge in [0.15, 0.2) is 12.2 Å². The lowest BCUT2D eigenvalue weighted by atomic mass is 10.1. The van der Waals surface area contributed by atoms with Crippen LogP contribution in [-0.4, -0.2) is 96.7 Å². The van der Waals surface area contributed by atoms with Crippen LogP contribution in [0.1, 0.15) is 259 Å². The van der Waals surface area contributed by atoms with Gasteiger partial charge in [0.25, 0.3) is 0 Å². The highest BCUT2D eigenvalue weighted by Gasteiger charge is 2.30. The Kier molecular flexibility index (Phi) is 69.3. The normalized spacial score (nSPS) is 14.9. The highest BCUT2D eigenvalue weighted by atomic mass is 31.2. The first-order valence-electron chi connectivity index (χ1n) is 38.0. The van der Waals surface area contributed by atoms with Crippen LogP contribution in [0, 0.1) is 0 Å². The van der Waals surface area contributed by atoms with Gasteiger partial charge in [0.1, 0.15) is 19.3 Å². The zero-order valence-corrected chi connectivity index (χ0v) is 64.5. The number of ether oxygens (including phenoxy) is 4. The summed E-state index contributed by atoms with van der Waals surface area (Å²) in [5, 5.41) is 10.6. The lowest BCUT2D eigenvalue weighted by Gasteiger charge is -2.21. The van der Waals surface area contributed by atoms with E-state index in [1.165, 1.54) is 19.3 Å². The maximum absolute atomic E-state index is 13.1. The van der Waals surface area contributed by atoms with Crippen molar-refractivity contribution in [3.05, 3.63) is 182 Å². The van der Waals surface area contributed by atoms with Gasteiger partial charge < -0.3 is 33.8 Å². The first kappa shape index (κ1) is 96.2. The van der Waals surface area contributed by atoms with Crippen LogP contribution in [0.25, 0.3) is 0 Å². The molecule has 0 spiro atoms. The van der Waals surface area contributed by atoms with E-state index in [4.69, 9.17) is 37.0 Å². The van der Waals surface area contributed by atoms with Crippen molar-refractivity contribution in [2.45, 2.75) is 277 Å². The third-order valence-electron chi connectivity index (χ3n) is 14.8. The van der Waals surface area contributed by atoms with Crippen LogP contribution < -0.4 is 0 Å². The molecule has 0 bridgehead atoms. The predicted molar refractivity (Wildman–Crippen MR) is 417 cm³/mol. The molecule has 0 rings (SSSR count). The summed E-state index contributed by atoms with van der Waals surface area (Å²) in [5.41, 5.74) is 0. The Hall–Kier alpha value is -5.84. The van der Waals surface area contributed by atoms with Gasteiger partial charge in [0, 0.05) is 25.7 Å². The molecule has 5 unspecified atom stereocenters. The van der Waals surface area contributed by atoms with Crippen molar-refractivity contribution in [2.75, 3.05) is 39.6 Å². The number of unbranched alkanes of at least 4 members (excludes halogenated alkanes) is 13. The van der Waals surface area contributed by atoms with E-state index in [0.29, 0.717) is 38.5 Å². The van der Waals surface area contributed by atoms with E-state index in [1.54, 1.807) is 0 Å². The SMILES string of the molecule is CC/C=C\C/C=C\C/C=C\C/C=C\C/C=C\CCCC(=O)OCC(COP(=O)(O)OCC(O)COP(=O)(O)OCC(COC(=O)CCCC/C=C\C/C=C\C/C=C\C/C=C\CC)OC(=O)CCCCCCC/C=C\C/C=C\CCCCC)OC(=O)CCCC/C=C\C/C=C\C/C=C\C/C=C\CC. The minimum absolute atomic E-state index is 0.0218. The Balaban J connectivity index is 5.52. The lowest BCUT2D eigenvalue weighted by molar-refractivity contribution is -0.161. The summed E-state index contributed by atoms with van der Waals surface area (Å²) in [5.74, 6) is -2.38. The second-order valence-electron chi connectivity index (χ2n) is 24.4. The number of phosphoric ester groups is 2. The highest BCUT2D eigenvalue weighted by Crippen LogP contribution is 2.45. The molecule has 0 fully saturated rings. The Bertz CT molecular complexity index is 2650. The average Bonchev–Trinajstić information content (AvgIpc) is 0.923. The van der Waals surface area contributed by atoms with Gasteiger partial charge in [-0.05, 0) is 173 Å². The van der Waals surface area contributed by atoms with Crippen molar-refractivity contribution in [3.8, 4) is 0 Å². The second kappa shape index (κ2) is 73.5. The van der Waals surface area contributed by atoms with Crippen LogP contribution in [-0.2, 0) is 65.4 Å². The van der Waals surface area contributed by atoms with Gasteiger partial charge in [-0.15, -0.1) is 0 Å². The molecule has 0 radical (unpaired) electrons. The molecule has 19 heteroatoms. The van der Waals surface area contributed by atoms with Crippen LogP contribution in [0.5, 0.6) is 0 Å². The monoisotopic (exact) mass is 1460 g/mol. The first-order valence-corrected chi connectivity index (χ1v) is 41.0. The summed E-state index contributed by atoms with van der Waals surface area (Å²) in [6, 6.07) is 0. The fourth-order valence-corrected chi connectivity index (χ4v) is 10.7. The Morgan fingerprint density at radius 3 is 0.843 bits per heavy atom. The molecule has 5 atom stereocenters. The van der Waals surface area contributed by atoms with Crippen molar-refractivity contribution >= 4 is 39.5 Å². The maximum Gasteiger partial charge on any atom is 0.472 e. The van der Waals surface area contributed by atoms with Crippen LogP contribution in [0.3, 0.4) is 0 Å². The quantitative estimate of drug-likeness (QED) is 0.0169. The highest BCUT2D eigenvalue weighted by molar-refractivity contribution is 7.47. The van der Waals surface area contributed by atoms with E-state index >= 15 is 0 Å². The number of esters is 4. The topological polar surface area (TPSA) is 237 Å². The molecule has 0 amide bonds. The molecule has 102 heavy (non-hydrogen) atoms. The van der Waals surface area contributed by atoms with E-state index in [9.17, 15) is 43.2 Å². The summed E-state index contributed by atoms with van der Waals surface area (Å²) in [4.78, 5) is 72.9. The molecule has 0 aromatic carbocycles. The number of hydrogen-bond donors (Lipinski definition) is 3. The van der Waals surface area contributed by atoms with E-state index in [1.807, 2.05) is 18.2 Å². The summed E-state index contributed by atoms with van der Waals surface area (Å²) < 4.78 is 68.3. The van der Waals surface area contributed by atoms with Gasteiger partial charge in [-0.3, -0.25) is 37.3 Å². The van der Waals surface area contributed by atoms with E-state index in [-0.39, 0.29) is 25.7 Å². The number of phosphoric acid groups is 2. The van der Waals surface area contributed by atoms with Crippen LogP contribution >= 0.6 is 15.6 Å². The van der Waals surface area contributed by atoms with E-state index in [0.717, 1.165) is 148 Å². The molecule has 3 N–H and O–H groups in total. The second-order valence-corrected chi connectivity index (χ2v) is 27.3. The van der Waals surface area contributed by atoms with Crippen LogP contribution in [0.15, 0.2) is 182 Å². The van der Waals surface area contributed by atoms with Gasteiger partial charge in [0.05, 0.1) is 26.4 Å². The Morgan fingerprint density at radius 2 is 0.520 bits per heavy atom. The Labute approximate surface area is 615 Å². The molecule has 17 nitrogen and oxygen atoms in total. The molecule has 576 valence electrons. The molecule has 0 aliphatic rings. The molecule has 0 aliphatic heterocycles. The molecule has 0 saturated heterocycles. The fraction of sp³-hybridized carbons (Fsp3) is 0.590. The summed E-state index contributed by atoms with van der Waals surface area (Å²) in [6.45, 7) is 4.28. The summed E-state index contributed by atoms with van der Waals surface area (Å²) in [6.07, 6.45) is 87.6. The number of allylic oxidation sites excluding steroid dienone is 30. The predicted octanol–water partition coefficient (Wildman–Crippen LogP) is 22.0. The van der Waals surface area contributed by atoms with Crippen molar-refractivity contribution in [1.82, 2.24) is 0 Å². The molecular formula is C83H132O17P2. The van der Waals surface area contributed by atoms with Gasteiger partial charge in [-0.25, -0.2) is 9.13 Å². The van der Waals surface area contributed by atoms with E-state index in [2.05, 4.69) is 192 Å². The first-order chi connectivity index (χ1) is 49.7. The maximum atomic E-state index is 13.1. The largest absolute Gasteiger partial charge is 0.472 e. The molecule has 0 heterocycles. The van der Waals surface area contributed by atoms with Crippen molar-refractivity contribution in [2.24, 2.45) is 0 Å². The van der Waals surface area contributed by atoms with Crippen LogP contribution in [0.2, 0.25) is 0 Å². The van der Waals surface area contributed by atoms with Gasteiger partial charge in [0.2, 0.25) is 0 Å². The number of hydrogen-bond acceptors (Lipinski definition) is 15. The number of aliphatic hydroxyl groups excluding tert-OH is 1. The molecular weight excluding hydrogens is 1330 g/mol. The molecule has 0 aromatic heterocycles. The third-order valence-corrected chi connectivity index (χ3v) is 16.7. The Morgan fingerprint density at radius 1 is 0.284 bits per heavy atom. The third kappa shape index (κ3) is 72.5. The standard InChI is InChI=1S/C83H132O17P2/c1-5-9-13-17-21-25-29-33-37-38-42-44-48-52-56-60-64-68-81(86)94-74-79(100-83(88)70-66-62-58-54-50-46-41-36-32-28-24-20-16-12-8-4)76-98-102(91,92)96-72-77(84)71-95-101(89,90)97-75-78(99-82(87)69-65-61-57-53-49-45-40-35-31-27-23-19-15-11-7-3)73-93-80(85)67-63-59-55-51-47-43-39-34-30-26-22-18-14-10-6-2/h9-10,12-14,16,21-28,33-37,39-42,44,47,50-52,54,56,77-79,84H,5-8,11,15,17-20,29-32,38,43,45-46,48-49,53,55,57-76H2,1-4H3,(H,89,90)(H,91,92)/b13-9-,14-10-,16-12-,25-21-,26-22-,27-23-,28-24-,37-33-,39-34-,40-35-,41-36-,44-42-,51-47-,54-50-,56-52-. The van der Waals surface area contributed by atoms with Gasteiger partial charge >= 0.3 is 39.5 Å². The minimum atomic E-state index is -5.01. The van der Waals surface area contributed by atoms with E-state index < -0.39 is 97.5 Å². The van der Waals surface area contributed by atoms with Crippen molar-refractivity contribution < 1.29 is 80.2 Å². The number of rotatable bonds is 69. The number of carbonyl (C=O) groups excluding carboxylic acids is 4. The van der Waals surface area contributed by atoms with Crippen molar-refractivity contribution in [3.63, 3.8) is 0 Å². The van der Waals surface area contributed by atoms with Crippen molar-refractivity contribution in [1.29, 1.82) is 0 Å². The van der Waals surface area contributed by atoms with Gasteiger partial charge in [-0.1, -0.05) is 242 Å². The van der Waals surface area contributed by atoms with Crippen LogP contribution in [0.4, 0.5) is 0 Å². The zero-order chi connectivity index (χ0) is 74.6. The molecule has 0 aliphatic carbocycles. The molecule has 0 saturated carbocycles. The number of carbonyl (C=O) groups is 4. The fourth-order valence-electron chi connectivity index (χ4n) is 9.15. The lowest BCUT2D eigenvalue weighted by Crippen LogP contribution is -2.30. The molecule has 0 aromatic rings. The summed E-state index contributed by atoms with van der Waals surface area (Å²) in [7, 11) is -10.0. The number of aliphatic hydroxyl groups is 1. The average molecular weight is 1460 g/mol.